The van der Waals surface area contributed by atoms with Gasteiger partial charge in [-0.25, -0.2) is 0 Å². The minimum Gasteiger partial charge on any atom is -0.484 e. The Morgan fingerprint density at radius 1 is 1.36 bits per heavy atom. The van der Waals surface area contributed by atoms with Crippen molar-refractivity contribution >= 4 is 5.69 Å². The van der Waals surface area contributed by atoms with Gasteiger partial charge in [-0.05, 0) is 31.9 Å². The highest BCUT2D eigenvalue weighted by atomic mass is 16.5. The van der Waals surface area contributed by atoms with E-state index in [0.29, 0.717) is 12.0 Å². The number of allylic oxidation sites excluding steroid dienone is 2. The van der Waals surface area contributed by atoms with Crippen LogP contribution in [0.25, 0.3) is 0 Å². The van der Waals surface area contributed by atoms with Crippen LogP contribution in [0.5, 0.6) is 5.75 Å². The average Bonchev–Trinajstić information content (AvgIpc) is 2.93. The average molecular weight is 299 g/mol. The van der Waals surface area contributed by atoms with E-state index in [4.69, 9.17) is 4.74 Å². The molecule has 1 aromatic heterocycles. The van der Waals surface area contributed by atoms with Crippen molar-refractivity contribution in [2.75, 3.05) is 25.0 Å². The third-order valence-corrected chi connectivity index (χ3v) is 4.34. The number of ether oxygens (including phenoxy) is 1. The molecule has 0 radical (unpaired) electrons. The fourth-order valence-corrected chi connectivity index (χ4v) is 3.17. The first-order valence-electron chi connectivity index (χ1n) is 8.10. The molecule has 1 aromatic rings. The van der Waals surface area contributed by atoms with Gasteiger partial charge in [0, 0.05) is 32.1 Å². The van der Waals surface area contributed by atoms with Crippen LogP contribution in [0.2, 0.25) is 0 Å². The maximum atomic E-state index is 5.99. The normalized spacial score (nSPS) is 27.1. The number of nitrogens with one attached hydrogen (secondary N) is 1. The molecule has 2 heterocycles. The van der Waals surface area contributed by atoms with Crippen LogP contribution in [0.15, 0.2) is 42.8 Å². The van der Waals surface area contributed by atoms with Crippen LogP contribution < -0.4 is 15.0 Å². The third-order valence-electron chi connectivity index (χ3n) is 4.34. The molecule has 0 bridgehead atoms. The van der Waals surface area contributed by atoms with Crippen LogP contribution in [0.4, 0.5) is 5.69 Å². The summed E-state index contributed by atoms with van der Waals surface area (Å²) in [6, 6.07) is 2.72. The second kappa shape index (κ2) is 6.97. The molecule has 3 atom stereocenters. The van der Waals surface area contributed by atoms with E-state index in [1.807, 2.05) is 12.3 Å². The van der Waals surface area contributed by atoms with Gasteiger partial charge in [-0.3, -0.25) is 4.98 Å². The number of aromatic nitrogens is 1. The van der Waals surface area contributed by atoms with Gasteiger partial charge in [0.2, 0.25) is 0 Å². The molecule has 118 valence electrons. The molecule has 1 saturated heterocycles. The van der Waals surface area contributed by atoms with E-state index in [1.54, 1.807) is 6.20 Å². The molecule has 1 N–H and O–H groups in total. The molecular formula is C18H25N3O. The summed E-state index contributed by atoms with van der Waals surface area (Å²) in [6.07, 6.45) is 14.3. The Kier molecular flexibility index (Phi) is 4.78. The summed E-state index contributed by atoms with van der Waals surface area (Å²) in [7, 11) is 2.13. The van der Waals surface area contributed by atoms with E-state index in [2.05, 4.69) is 53.5 Å². The Morgan fingerprint density at radius 3 is 3.00 bits per heavy atom. The second-order valence-electron chi connectivity index (χ2n) is 6.38. The summed E-state index contributed by atoms with van der Waals surface area (Å²) >= 11 is 0. The lowest BCUT2D eigenvalue weighted by Crippen LogP contribution is -2.27. The van der Waals surface area contributed by atoms with Crippen molar-refractivity contribution in [3.8, 4) is 5.75 Å². The van der Waals surface area contributed by atoms with Gasteiger partial charge in [-0.1, -0.05) is 18.2 Å². The van der Waals surface area contributed by atoms with Crippen LogP contribution >= 0.6 is 0 Å². The van der Waals surface area contributed by atoms with Gasteiger partial charge < -0.3 is 15.0 Å². The predicted molar refractivity (Wildman–Crippen MR) is 90.4 cm³/mol. The Labute approximate surface area is 132 Å². The Morgan fingerprint density at radius 2 is 2.27 bits per heavy atom. The minimum atomic E-state index is 0.118. The van der Waals surface area contributed by atoms with Gasteiger partial charge in [0.1, 0.15) is 11.9 Å². The lowest BCUT2D eigenvalue weighted by molar-refractivity contribution is 0.251. The largest absolute Gasteiger partial charge is 0.484 e. The monoisotopic (exact) mass is 299 g/mol. The quantitative estimate of drug-likeness (QED) is 0.907. The molecule has 0 amide bonds. The van der Waals surface area contributed by atoms with Crippen molar-refractivity contribution in [1.82, 2.24) is 10.3 Å². The van der Waals surface area contributed by atoms with E-state index in [1.165, 1.54) is 6.42 Å². The molecule has 0 aromatic carbocycles. The first-order chi connectivity index (χ1) is 10.7. The Balaban J connectivity index is 1.60. The molecule has 3 rings (SSSR count). The zero-order valence-corrected chi connectivity index (χ0v) is 13.4. The second-order valence-corrected chi connectivity index (χ2v) is 6.38. The number of rotatable bonds is 5. The van der Waals surface area contributed by atoms with E-state index in [-0.39, 0.29) is 6.10 Å². The van der Waals surface area contributed by atoms with E-state index in [0.717, 1.165) is 30.9 Å². The first-order valence-corrected chi connectivity index (χ1v) is 8.10. The van der Waals surface area contributed by atoms with E-state index >= 15 is 0 Å². The predicted octanol–water partition coefficient (Wildman–Crippen LogP) is 2.78. The fraction of sp³-hybridized carbons (Fsp3) is 0.500. The summed E-state index contributed by atoms with van der Waals surface area (Å²) in [5.74, 6) is 1.54. The van der Waals surface area contributed by atoms with Crippen molar-refractivity contribution in [3.05, 3.63) is 42.8 Å². The molecule has 2 aliphatic rings. The first kappa shape index (κ1) is 15.1. The summed E-state index contributed by atoms with van der Waals surface area (Å²) in [5, 5.41) is 3.51. The van der Waals surface area contributed by atoms with Crippen molar-refractivity contribution < 1.29 is 4.74 Å². The van der Waals surface area contributed by atoms with Crippen LogP contribution in [-0.2, 0) is 0 Å². The van der Waals surface area contributed by atoms with E-state index < -0.39 is 0 Å². The lowest BCUT2D eigenvalue weighted by Gasteiger charge is -2.23. The van der Waals surface area contributed by atoms with Crippen LogP contribution in [0.3, 0.4) is 0 Å². The number of hydrogen-bond acceptors (Lipinski definition) is 4. The van der Waals surface area contributed by atoms with Gasteiger partial charge >= 0.3 is 0 Å². The molecule has 3 unspecified atom stereocenters. The summed E-state index contributed by atoms with van der Waals surface area (Å²) < 4.78 is 5.99. The highest BCUT2D eigenvalue weighted by molar-refractivity contribution is 5.47. The maximum Gasteiger partial charge on any atom is 0.140 e. The van der Waals surface area contributed by atoms with Crippen LogP contribution in [0, 0.1) is 5.92 Å². The van der Waals surface area contributed by atoms with Gasteiger partial charge in [-0.2, -0.15) is 0 Å². The topological polar surface area (TPSA) is 37.4 Å². The molecule has 22 heavy (non-hydrogen) atoms. The minimum absolute atomic E-state index is 0.118. The molecular weight excluding hydrogens is 274 g/mol. The number of nitrogens with zero attached hydrogens (tertiary/aromatic N) is 2. The van der Waals surface area contributed by atoms with Gasteiger partial charge in [0.25, 0.3) is 0 Å². The Bertz CT molecular complexity index is 555. The molecule has 1 aliphatic carbocycles. The van der Waals surface area contributed by atoms with Crippen molar-refractivity contribution in [2.24, 2.45) is 5.92 Å². The van der Waals surface area contributed by atoms with Crippen LogP contribution in [0.1, 0.15) is 19.8 Å². The third kappa shape index (κ3) is 3.89. The van der Waals surface area contributed by atoms with Crippen LogP contribution in [-0.4, -0.2) is 37.3 Å². The van der Waals surface area contributed by atoms with Crippen molar-refractivity contribution in [1.29, 1.82) is 0 Å². The number of hydrogen-bond donors (Lipinski definition) is 1. The van der Waals surface area contributed by atoms with Crippen molar-refractivity contribution in [2.45, 2.75) is 31.9 Å². The SMILES string of the molecule is CC1CC(CN(C)c2cncc(OC3C=CC=CC3)c2)CN1. The maximum absolute atomic E-state index is 5.99. The number of pyridine rings is 1. The molecule has 0 saturated carbocycles. The molecule has 4 heteroatoms. The highest BCUT2D eigenvalue weighted by Crippen LogP contribution is 2.23. The Hall–Kier alpha value is -1.81. The molecule has 1 fully saturated rings. The van der Waals surface area contributed by atoms with Gasteiger partial charge in [-0.15, -0.1) is 0 Å². The number of anilines is 1. The van der Waals surface area contributed by atoms with Crippen molar-refractivity contribution in [3.63, 3.8) is 0 Å². The zero-order valence-electron chi connectivity index (χ0n) is 13.4. The standard InChI is InChI=1S/C18H25N3O/c1-14-8-15(10-20-14)13-21(2)16-9-18(12-19-11-16)22-17-6-4-3-5-7-17/h3-6,9,11-12,14-15,17,20H,7-8,10,13H2,1-2H3. The molecule has 0 spiro atoms. The van der Waals surface area contributed by atoms with Gasteiger partial charge in [0.05, 0.1) is 18.1 Å². The van der Waals surface area contributed by atoms with Gasteiger partial charge in [0.15, 0.2) is 0 Å². The lowest BCUT2D eigenvalue weighted by atomic mass is 10.1. The summed E-state index contributed by atoms with van der Waals surface area (Å²) in [6.45, 7) is 4.41. The zero-order chi connectivity index (χ0) is 15.4. The van der Waals surface area contributed by atoms with E-state index in [9.17, 15) is 0 Å². The summed E-state index contributed by atoms with van der Waals surface area (Å²) in [5.41, 5.74) is 1.12. The highest BCUT2D eigenvalue weighted by Gasteiger charge is 2.22. The molecule has 4 nitrogen and oxygen atoms in total. The molecule has 1 aliphatic heterocycles. The smallest absolute Gasteiger partial charge is 0.140 e. The fourth-order valence-electron chi connectivity index (χ4n) is 3.17. The summed E-state index contributed by atoms with van der Waals surface area (Å²) in [4.78, 5) is 6.61.